The largest absolute Gasteiger partial charge is 1.00 e. The van der Waals surface area contributed by atoms with E-state index < -0.39 is 33.9 Å². The van der Waals surface area contributed by atoms with Crippen molar-refractivity contribution in [3.05, 3.63) is 28.2 Å². The Kier molecular flexibility index (Phi) is 7.86. The first kappa shape index (κ1) is 28.6. The van der Waals surface area contributed by atoms with E-state index in [2.05, 4.69) is 72.7 Å². The number of aromatic nitrogens is 2. The monoisotopic (exact) mass is 486 g/mol. The molecule has 33 heavy (non-hydrogen) atoms. The fraction of sp³-hybridized carbons (Fsp3) is 0.739. The number of ether oxygens (including phenoxy) is 1. The van der Waals surface area contributed by atoms with Crippen LogP contribution in [0.1, 0.15) is 53.7 Å². The fourth-order valence-electron chi connectivity index (χ4n) is 3.65. The van der Waals surface area contributed by atoms with Gasteiger partial charge >= 0.3 is 18.9 Å². The van der Waals surface area contributed by atoms with E-state index in [1.807, 2.05) is 6.08 Å². The Morgan fingerprint density at radius 1 is 1.15 bits per heavy atom. The average Bonchev–Trinajstić information content (AvgIpc) is 3.11. The maximum atomic E-state index is 12.7. The first-order chi connectivity index (χ1) is 14.4. The van der Waals surface area contributed by atoms with Gasteiger partial charge in [-0.15, -0.1) is 0 Å². The molecule has 0 amide bonds. The molecule has 1 aromatic rings. The molecular weight excluding hydrogens is 447 g/mol. The zero-order chi connectivity index (χ0) is 24.3. The second-order valence-electron chi connectivity index (χ2n) is 12.2. The third-order valence-corrected chi connectivity index (χ3v) is 16.8. The summed E-state index contributed by atoms with van der Waals surface area (Å²) in [7, 11) is -4.11. The molecule has 0 aliphatic carbocycles. The van der Waals surface area contributed by atoms with Crippen LogP contribution in [0.2, 0.25) is 36.3 Å². The molecule has 0 N–H and O–H groups in total. The summed E-state index contributed by atoms with van der Waals surface area (Å²) >= 11 is 0. The molecule has 0 aromatic carbocycles. The number of nitrogens with zero attached hydrogens (tertiary/aromatic N) is 2. The van der Waals surface area contributed by atoms with Crippen LogP contribution >= 0.6 is 0 Å². The third-order valence-electron chi connectivity index (χ3n) is 7.75. The van der Waals surface area contributed by atoms with Gasteiger partial charge in [-0.2, -0.15) is 0 Å². The van der Waals surface area contributed by atoms with E-state index in [1.54, 1.807) is 6.08 Å². The molecular formula is C23H39LiN2O5Si2. The second-order valence-corrected chi connectivity index (χ2v) is 21.7. The Morgan fingerprint density at radius 3 is 2.27 bits per heavy atom. The Balaban J connectivity index is 0.00000385. The van der Waals surface area contributed by atoms with Crippen molar-refractivity contribution in [1.82, 2.24) is 9.55 Å². The maximum absolute atomic E-state index is 12.7. The van der Waals surface area contributed by atoms with Gasteiger partial charge in [0.1, 0.15) is 6.10 Å². The minimum absolute atomic E-state index is 0. The second kappa shape index (κ2) is 9.08. The van der Waals surface area contributed by atoms with Crippen molar-refractivity contribution >= 4 is 22.7 Å². The molecule has 3 atom stereocenters. The molecule has 2 aliphatic rings. The van der Waals surface area contributed by atoms with Crippen molar-refractivity contribution in [2.75, 3.05) is 6.61 Å². The van der Waals surface area contributed by atoms with E-state index in [9.17, 15) is 9.90 Å². The van der Waals surface area contributed by atoms with Gasteiger partial charge in [-0.25, -0.2) is 4.98 Å². The molecule has 0 unspecified atom stereocenters. The molecule has 1 aromatic heterocycles. The van der Waals surface area contributed by atoms with Crippen LogP contribution in [0.15, 0.2) is 16.9 Å². The van der Waals surface area contributed by atoms with E-state index in [4.69, 9.17) is 13.6 Å². The third kappa shape index (κ3) is 5.45. The van der Waals surface area contributed by atoms with Gasteiger partial charge in [0, 0.05) is 18.2 Å². The first-order valence-electron chi connectivity index (χ1n) is 11.4. The molecule has 7 nitrogen and oxygen atoms in total. The smallest absolute Gasteiger partial charge is 0.846 e. The van der Waals surface area contributed by atoms with Gasteiger partial charge < -0.3 is 23.3 Å². The minimum atomic E-state index is -2.11. The van der Waals surface area contributed by atoms with Crippen LogP contribution in [0.3, 0.4) is 0 Å². The van der Waals surface area contributed by atoms with Crippen LogP contribution in [0.5, 0.6) is 6.01 Å². The quantitative estimate of drug-likeness (QED) is 0.582. The van der Waals surface area contributed by atoms with Crippen molar-refractivity contribution in [1.29, 1.82) is 0 Å². The molecule has 1 fully saturated rings. The topological polar surface area (TPSA) is 85.6 Å². The predicted octanol–water partition coefficient (Wildman–Crippen LogP) is 1.20. The van der Waals surface area contributed by atoms with Gasteiger partial charge in [-0.05, 0) is 48.4 Å². The van der Waals surface area contributed by atoms with Gasteiger partial charge in [-0.1, -0.05) is 41.5 Å². The van der Waals surface area contributed by atoms with Gasteiger partial charge in [0.2, 0.25) is 0 Å². The Hall–Kier alpha value is -0.669. The van der Waals surface area contributed by atoms with Gasteiger partial charge in [-0.3, -0.25) is 4.79 Å². The van der Waals surface area contributed by atoms with Crippen LogP contribution in [0, 0.1) is 0 Å². The molecule has 3 rings (SSSR count). The minimum Gasteiger partial charge on any atom is -0.846 e. The molecule has 0 saturated carbocycles. The Labute approximate surface area is 212 Å². The van der Waals surface area contributed by atoms with Crippen LogP contribution in [0.4, 0.5) is 0 Å². The molecule has 1 saturated heterocycles. The zero-order valence-corrected chi connectivity index (χ0v) is 24.2. The van der Waals surface area contributed by atoms with Crippen molar-refractivity contribution in [2.45, 2.75) is 102 Å². The number of hydrogen-bond donors (Lipinski definition) is 0. The fourth-order valence-corrected chi connectivity index (χ4v) is 6.01. The summed E-state index contributed by atoms with van der Waals surface area (Å²) in [5, 5.41) is 12.8. The molecule has 1 spiro atoms. The van der Waals surface area contributed by atoms with Crippen LogP contribution in [-0.2, 0) is 19.3 Å². The van der Waals surface area contributed by atoms with Gasteiger partial charge in [0.05, 0.1) is 18.7 Å². The standard InChI is InChI=1S/C23H40N2O5Si2.Li/c1-21(2,3)31(7,8)28-15-18-17(30-32(9,10)22(4,5)6)14-23(29-18)12-11-16-13-19(26)24-20(27)25(16)23;/h11-13,17-18H,14-15H2,1-10H3,(H,24,26,27);/q;+1/p-1/t17-,18+,23+;/m0./s1. The normalized spacial score (nSPS) is 25.4. The summed E-state index contributed by atoms with van der Waals surface area (Å²) in [5.41, 5.74) is -1.01. The molecule has 0 bridgehead atoms. The Morgan fingerprint density at radius 2 is 1.73 bits per heavy atom. The summed E-state index contributed by atoms with van der Waals surface area (Å²) in [6.45, 7) is 22.5. The van der Waals surface area contributed by atoms with Gasteiger partial charge in [0.15, 0.2) is 22.4 Å². The summed E-state index contributed by atoms with van der Waals surface area (Å²) in [6.07, 6.45) is 3.56. The van der Waals surface area contributed by atoms with Crippen molar-refractivity contribution < 1.29 is 37.6 Å². The summed E-state index contributed by atoms with van der Waals surface area (Å²) in [6, 6.07) is 0.786. The number of hydrogen-bond acceptors (Lipinski definition) is 6. The zero-order valence-electron chi connectivity index (χ0n) is 22.2. The van der Waals surface area contributed by atoms with Crippen molar-refractivity contribution in [2.24, 2.45) is 0 Å². The van der Waals surface area contributed by atoms with Crippen LogP contribution < -0.4 is 29.5 Å². The molecule has 180 valence electrons. The number of rotatable bonds is 5. The summed E-state index contributed by atoms with van der Waals surface area (Å²) in [5.74, 6) is 0. The van der Waals surface area contributed by atoms with Crippen LogP contribution in [-0.4, -0.2) is 45.0 Å². The SMILES string of the molecule is CC(C)(C)[Si](C)(C)OC[C@H]1O[C@]2(C=Cc3cc(=O)nc([O-])n32)C[C@@H]1O[Si](C)(C)C(C)(C)C.[Li+]. The molecule has 3 heterocycles. The van der Waals surface area contributed by atoms with E-state index >= 15 is 0 Å². The molecule has 0 radical (unpaired) electrons. The molecule has 10 heteroatoms. The van der Waals surface area contributed by atoms with Gasteiger partial charge in [0.25, 0.3) is 5.56 Å². The summed E-state index contributed by atoms with van der Waals surface area (Å²) < 4.78 is 21.4. The predicted molar refractivity (Wildman–Crippen MR) is 130 cm³/mol. The Bertz CT molecular complexity index is 965. The summed E-state index contributed by atoms with van der Waals surface area (Å²) in [4.78, 5) is 15.4. The van der Waals surface area contributed by atoms with Crippen molar-refractivity contribution in [3.8, 4) is 6.01 Å². The van der Waals surface area contributed by atoms with E-state index in [0.29, 0.717) is 18.7 Å². The first-order valence-corrected chi connectivity index (χ1v) is 17.2. The average molecular weight is 487 g/mol. The maximum Gasteiger partial charge on any atom is 1.00 e. The van der Waals surface area contributed by atoms with E-state index in [0.717, 1.165) is 0 Å². The van der Waals surface area contributed by atoms with Crippen LogP contribution in [0.25, 0.3) is 6.08 Å². The van der Waals surface area contributed by atoms with E-state index in [1.165, 1.54) is 10.6 Å². The molecule has 2 aliphatic heterocycles. The number of fused-ring (bicyclic) bond motifs is 2. The van der Waals surface area contributed by atoms with Crippen molar-refractivity contribution in [3.63, 3.8) is 0 Å². The van der Waals surface area contributed by atoms with E-state index in [-0.39, 0.29) is 41.1 Å².